The van der Waals surface area contributed by atoms with Crippen molar-refractivity contribution in [3.05, 3.63) is 35.4 Å². The number of hydrogen-bond acceptors (Lipinski definition) is 2. The first-order valence-corrected chi connectivity index (χ1v) is 8.67. The number of nitrogens with one attached hydrogen (secondary N) is 1. The van der Waals surface area contributed by atoms with Gasteiger partial charge in [-0.25, -0.2) is 0 Å². The maximum Gasteiger partial charge on any atom is 0.0205 e. The monoisotopic (exact) mass is 288 g/mol. The van der Waals surface area contributed by atoms with Crippen LogP contribution in [0.25, 0.3) is 0 Å². The minimum Gasteiger partial charge on any atom is -0.313 e. The molecular formula is C19H32N2. The Bertz CT molecular complexity index is 389. The van der Waals surface area contributed by atoms with Gasteiger partial charge in [-0.3, -0.25) is 0 Å². The van der Waals surface area contributed by atoms with Gasteiger partial charge in [0.1, 0.15) is 0 Å². The number of rotatable bonds is 7. The van der Waals surface area contributed by atoms with E-state index in [0.717, 1.165) is 19.0 Å². The van der Waals surface area contributed by atoms with Gasteiger partial charge < -0.3 is 10.2 Å². The molecule has 0 radical (unpaired) electrons. The minimum absolute atomic E-state index is 0.624. The molecule has 0 aliphatic carbocycles. The number of likely N-dealkylation sites (tertiary alicyclic amines) is 1. The Balaban J connectivity index is 1.57. The fourth-order valence-electron chi connectivity index (χ4n) is 2.97. The van der Waals surface area contributed by atoms with Crippen LogP contribution in [-0.2, 0) is 6.54 Å². The molecule has 2 rings (SSSR count). The molecule has 1 aromatic rings. The molecule has 1 aromatic carbocycles. The van der Waals surface area contributed by atoms with Crippen LogP contribution < -0.4 is 5.32 Å². The third kappa shape index (κ3) is 5.80. The van der Waals surface area contributed by atoms with Crippen LogP contribution in [0, 0.1) is 5.92 Å². The third-order valence-electron chi connectivity index (χ3n) is 4.68. The summed E-state index contributed by atoms with van der Waals surface area (Å²) in [5.74, 6) is 1.56. The summed E-state index contributed by atoms with van der Waals surface area (Å²) >= 11 is 0. The van der Waals surface area contributed by atoms with Gasteiger partial charge in [-0.1, -0.05) is 45.0 Å². The molecule has 1 N–H and O–H groups in total. The Labute approximate surface area is 130 Å². The van der Waals surface area contributed by atoms with Crippen LogP contribution in [0.1, 0.15) is 57.1 Å². The number of hydrogen-bond donors (Lipinski definition) is 1. The van der Waals surface area contributed by atoms with Gasteiger partial charge in [0.25, 0.3) is 0 Å². The molecule has 1 heterocycles. The highest BCUT2D eigenvalue weighted by Gasteiger charge is 2.14. The highest BCUT2D eigenvalue weighted by atomic mass is 15.1. The molecule has 118 valence electrons. The second-order valence-corrected chi connectivity index (χ2v) is 6.95. The van der Waals surface area contributed by atoms with Crippen LogP contribution in [0.2, 0.25) is 0 Å². The average molecular weight is 288 g/mol. The van der Waals surface area contributed by atoms with Crippen LogP contribution >= 0.6 is 0 Å². The lowest BCUT2D eigenvalue weighted by Crippen LogP contribution is -2.34. The van der Waals surface area contributed by atoms with Gasteiger partial charge in [-0.15, -0.1) is 0 Å². The fraction of sp³-hybridized carbons (Fsp3) is 0.684. The average Bonchev–Trinajstić information content (AvgIpc) is 2.49. The highest BCUT2D eigenvalue weighted by molar-refractivity contribution is 5.24. The molecule has 1 aliphatic heterocycles. The summed E-state index contributed by atoms with van der Waals surface area (Å²) in [5, 5.41) is 3.57. The van der Waals surface area contributed by atoms with Crippen LogP contribution in [0.5, 0.6) is 0 Å². The lowest BCUT2D eigenvalue weighted by atomic mass is 9.99. The van der Waals surface area contributed by atoms with Crippen molar-refractivity contribution in [1.29, 1.82) is 0 Å². The Morgan fingerprint density at radius 3 is 2.43 bits per heavy atom. The first-order valence-electron chi connectivity index (χ1n) is 8.67. The van der Waals surface area contributed by atoms with E-state index in [9.17, 15) is 0 Å². The fourth-order valence-corrected chi connectivity index (χ4v) is 2.97. The Morgan fingerprint density at radius 1 is 1.14 bits per heavy atom. The summed E-state index contributed by atoms with van der Waals surface area (Å²) in [6.07, 6.45) is 4.03. The van der Waals surface area contributed by atoms with Crippen molar-refractivity contribution in [1.82, 2.24) is 10.2 Å². The van der Waals surface area contributed by atoms with Gasteiger partial charge in [0.15, 0.2) is 0 Å². The molecule has 1 saturated heterocycles. The molecule has 1 aliphatic rings. The van der Waals surface area contributed by atoms with Gasteiger partial charge >= 0.3 is 0 Å². The van der Waals surface area contributed by atoms with Gasteiger partial charge in [0.2, 0.25) is 0 Å². The van der Waals surface area contributed by atoms with Crippen molar-refractivity contribution in [3.63, 3.8) is 0 Å². The van der Waals surface area contributed by atoms with Gasteiger partial charge in [-0.2, -0.15) is 0 Å². The molecule has 0 aromatic heterocycles. The highest BCUT2D eigenvalue weighted by Crippen LogP contribution is 2.16. The second kappa shape index (κ2) is 8.55. The van der Waals surface area contributed by atoms with Crippen LogP contribution in [0.3, 0.4) is 0 Å². The molecule has 0 amide bonds. The zero-order valence-electron chi connectivity index (χ0n) is 14.1. The maximum absolute atomic E-state index is 3.57. The summed E-state index contributed by atoms with van der Waals surface area (Å²) < 4.78 is 0. The van der Waals surface area contributed by atoms with E-state index in [2.05, 4.69) is 55.3 Å². The molecule has 0 unspecified atom stereocenters. The molecule has 0 atom stereocenters. The lowest BCUT2D eigenvalue weighted by molar-refractivity contribution is 0.190. The summed E-state index contributed by atoms with van der Waals surface area (Å²) in [6.45, 7) is 12.8. The molecule has 2 heteroatoms. The molecule has 2 nitrogen and oxygen atoms in total. The van der Waals surface area contributed by atoms with Crippen molar-refractivity contribution < 1.29 is 0 Å². The summed E-state index contributed by atoms with van der Waals surface area (Å²) in [6, 6.07) is 9.04. The molecule has 21 heavy (non-hydrogen) atoms. The molecule has 0 spiro atoms. The van der Waals surface area contributed by atoms with E-state index >= 15 is 0 Å². The van der Waals surface area contributed by atoms with Crippen molar-refractivity contribution in [2.24, 2.45) is 5.92 Å². The van der Waals surface area contributed by atoms with Crippen molar-refractivity contribution in [2.45, 2.75) is 52.5 Å². The first kappa shape index (κ1) is 16.5. The van der Waals surface area contributed by atoms with E-state index in [1.165, 1.54) is 50.0 Å². The molecule has 0 bridgehead atoms. The smallest absolute Gasteiger partial charge is 0.0205 e. The quantitative estimate of drug-likeness (QED) is 0.762. The van der Waals surface area contributed by atoms with Crippen LogP contribution in [0.15, 0.2) is 24.3 Å². The van der Waals surface area contributed by atoms with Crippen molar-refractivity contribution in [2.75, 3.05) is 26.2 Å². The Morgan fingerprint density at radius 2 is 1.81 bits per heavy atom. The minimum atomic E-state index is 0.624. The predicted molar refractivity (Wildman–Crippen MR) is 91.7 cm³/mol. The predicted octanol–water partition coefficient (Wildman–Crippen LogP) is 4.02. The number of piperidine rings is 1. The second-order valence-electron chi connectivity index (χ2n) is 6.95. The van der Waals surface area contributed by atoms with Crippen molar-refractivity contribution >= 4 is 0 Å². The van der Waals surface area contributed by atoms with Gasteiger partial charge in [0.05, 0.1) is 0 Å². The first-order chi connectivity index (χ1) is 10.1. The van der Waals surface area contributed by atoms with E-state index in [0.29, 0.717) is 5.92 Å². The standard InChI is InChI=1S/C19H32N2/c1-16(2)19-7-5-18(6-8-19)15-20-11-4-12-21-13-9-17(3)10-14-21/h5-8,16-17,20H,4,9-15H2,1-3H3. The van der Waals surface area contributed by atoms with Gasteiger partial charge in [-0.05, 0) is 68.4 Å². The summed E-state index contributed by atoms with van der Waals surface area (Å²) in [5.41, 5.74) is 2.82. The van der Waals surface area contributed by atoms with Crippen molar-refractivity contribution in [3.8, 4) is 0 Å². The zero-order chi connectivity index (χ0) is 15.1. The largest absolute Gasteiger partial charge is 0.313 e. The maximum atomic E-state index is 3.57. The summed E-state index contributed by atoms with van der Waals surface area (Å²) in [4.78, 5) is 2.62. The topological polar surface area (TPSA) is 15.3 Å². The Kier molecular flexibility index (Phi) is 6.72. The van der Waals surface area contributed by atoms with E-state index in [1.807, 2.05) is 0 Å². The van der Waals surface area contributed by atoms with Gasteiger partial charge in [0, 0.05) is 6.54 Å². The normalized spacial score (nSPS) is 17.5. The number of nitrogens with zero attached hydrogens (tertiary/aromatic N) is 1. The molecule has 0 saturated carbocycles. The number of benzene rings is 1. The van der Waals surface area contributed by atoms with E-state index in [4.69, 9.17) is 0 Å². The van der Waals surface area contributed by atoms with E-state index in [1.54, 1.807) is 0 Å². The SMILES string of the molecule is CC1CCN(CCCNCc2ccc(C(C)C)cc2)CC1. The van der Waals surface area contributed by atoms with E-state index in [-0.39, 0.29) is 0 Å². The summed E-state index contributed by atoms with van der Waals surface area (Å²) in [7, 11) is 0. The van der Waals surface area contributed by atoms with Crippen LogP contribution in [-0.4, -0.2) is 31.1 Å². The molecule has 1 fully saturated rings. The molecular weight excluding hydrogens is 256 g/mol. The zero-order valence-corrected chi connectivity index (χ0v) is 14.1. The third-order valence-corrected chi connectivity index (χ3v) is 4.68. The van der Waals surface area contributed by atoms with E-state index < -0.39 is 0 Å². The van der Waals surface area contributed by atoms with Crippen LogP contribution in [0.4, 0.5) is 0 Å². The lowest BCUT2D eigenvalue weighted by Gasteiger charge is -2.30. The Hall–Kier alpha value is -0.860.